The Bertz CT molecular complexity index is 640. The van der Waals surface area contributed by atoms with Gasteiger partial charge in [-0.05, 0) is 42.2 Å². The van der Waals surface area contributed by atoms with Crippen LogP contribution in [0.3, 0.4) is 0 Å². The third-order valence-electron chi connectivity index (χ3n) is 4.14. The van der Waals surface area contributed by atoms with E-state index in [1.807, 2.05) is 11.1 Å². The summed E-state index contributed by atoms with van der Waals surface area (Å²) >= 11 is 0. The largest absolute Gasteiger partial charge is 0.497 e. The number of nitrogens with zero attached hydrogens (tertiary/aromatic N) is 1. The lowest BCUT2D eigenvalue weighted by Gasteiger charge is -2.36. The zero-order valence-electron chi connectivity index (χ0n) is 13.3. The van der Waals surface area contributed by atoms with Gasteiger partial charge >= 0.3 is 0 Å². The van der Waals surface area contributed by atoms with Crippen LogP contribution in [-0.2, 0) is 11.4 Å². The molecule has 1 aliphatic heterocycles. The average Bonchev–Trinajstić information content (AvgIpc) is 2.55. The molecule has 1 aliphatic rings. The Morgan fingerprint density at radius 1 is 1.14 bits per heavy atom. The van der Waals surface area contributed by atoms with E-state index in [0.29, 0.717) is 0 Å². The highest BCUT2D eigenvalue weighted by molar-refractivity contribution is 5.43. The van der Waals surface area contributed by atoms with E-state index < -0.39 is 0 Å². The summed E-state index contributed by atoms with van der Waals surface area (Å²) in [5.41, 5.74) is 7.88. The van der Waals surface area contributed by atoms with Crippen LogP contribution in [-0.4, -0.2) is 25.8 Å². The second-order valence-corrected chi connectivity index (χ2v) is 5.56. The number of ether oxygens (including phenoxy) is 1. The van der Waals surface area contributed by atoms with E-state index >= 15 is 0 Å². The molecule has 1 atom stereocenters. The van der Waals surface area contributed by atoms with Crippen LogP contribution in [0.5, 0.6) is 5.75 Å². The summed E-state index contributed by atoms with van der Waals surface area (Å²) in [5.74, 6) is 0.907. The molecule has 1 unspecified atom stereocenters. The SMILES string of the molecule is CNON1CCc2cc(OC)ccc2C1c1ccc(C)cc1. The molecule has 0 spiro atoms. The number of aryl methyl sites for hydroxylation is 1. The number of fused-ring (bicyclic) bond motifs is 1. The van der Waals surface area contributed by atoms with Gasteiger partial charge < -0.3 is 4.74 Å². The number of rotatable bonds is 4. The third kappa shape index (κ3) is 2.86. The van der Waals surface area contributed by atoms with Crippen molar-refractivity contribution in [3.05, 3.63) is 64.7 Å². The van der Waals surface area contributed by atoms with Gasteiger partial charge in [-0.15, -0.1) is 0 Å². The summed E-state index contributed by atoms with van der Waals surface area (Å²) in [6.45, 7) is 2.94. The monoisotopic (exact) mass is 298 g/mol. The Kier molecular flexibility index (Phi) is 4.43. The summed E-state index contributed by atoms with van der Waals surface area (Å²) in [6, 6.07) is 15.0. The van der Waals surface area contributed by atoms with E-state index in [4.69, 9.17) is 9.68 Å². The number of nitrogens with one attached hydrogen (secondary N) is 1. The first-order valence-electron chi connectivity index (χ1n) is 7.56. The van der Waals surface area contributed by atoms with Crippen molar-refractivity contribution in [1.82, 2.24) is 10.5 Å². The van der Waals surface area contributed by atoms with Crippen molar-refractivity contribution in [1.29, 1.82) is 0 Å². The standard InChI is InChI=1S/C18H22N2O2/c1-13-4-6-14(7-5-13)18-17-9-8-16(21-3)12-15(17)10-11-20(18)22-19-2/h4-9,12,18-19H,10-11H2,1-3H3. The molecule has 0 radical (unpaired) electrons. The Hall–Kier alpha value is -1.88. The van der Waals surface area contributed by atoms with Gasteiger partial charge in [-0.1, -0.05) is 35.9 Å². The van der Waals surface area contributed by atoms with Crippen LogP contribution < -0.4 is 10.2 Å². The van der Waals surface area contributed by atoms with Crippen molar-refractivity contribution in [3.8, 4) is 5.75 Å². The maximum atomic E-state index is 5.65. The van der Waals surface area contributed by atoms with Crippen LogP contribution in [0.15, 0.2) is 42.5 Å². The van der Waals surface area contributed by atoms with Crippen LogP contribution in [0.2, 0.25) is 0 Å². The quantitative estimate of drug-likeness (QED) is 0.880. The molecule has 0 saturated carbocycles. The fourth-order valence-electron chi connectivity index (χ4n) is 3.02. The molecular formula is C18H22N2O2. The van der Waals surface area contributed by atoms with E-state index in [9.17, 15) is 0 Å². The molecule has 0 aromatic heterocycles. The Balaban J connectivity index is 2.04. The highest BCUT2D eigenvalue weighted by Gasteiger charge is 2.30. The lowest BCUT2D eigenvalue weighted by molar-refractivity contribution is -0.225. The van der Waals surface area contributed by atoms with Gasteiger partial charge in [-0.2, -0.15) is 10.5 Å². The second-order valence-electron chi connectivity index (χ2n) is 5.56. The van der Waals surface area contributed by atoms with Crippen molar-refractivity contribution in [2.45, 2.75) is 19.4 Å². The van der Waals surface area contributed by atoms with Crippen molar-refractivity contribution in [3.63, 3.8) is 0 Å². The minimum absolute atomic E-state index is 0.0858. The summed E-state index contributed by atoms with van der Waals surface area (Å²) < 4.78 is 5.35. The highest BCUT2D eigenvalue weighted by Crippen LogP contribution is 2.36. The number of hydrogen-bond acceptors (Lipinski definition) is 4. The molecule has 0 aliphatic carbocycles. The van der Waals surface area contributed by atoms with E-state index in [1.54, 1.807) is 14.2 Å². The molecule has 116 valence electrons. The smallest absolute Gasteiger partial charge is 0.119 e. The summed E-state index contributed by atoms with van der Waals surface area (Å²) in [4.78, 5) is 5.65. The Labute approximate surface area is 131 Å². The molecule has 1 N–H and O–H groups in total. The maximum Gasteiger partial charge on any atom is 0.119 e. The number of hydrogen-bond donors (Lipinski definition) is 1. The normalized spacial score (nSPS) is 18.0. The first-order valence-corrected chi connectivity index (χ1v) is 7.56. The zero-order valence-corrected chi connectivity index (χ0v) is 13.3. The fraction of sp³-hybridized carbons (Fsp3) is 0.333. The van der Waals surface area contributed by atoms with Crippen LogP contribution in [0.4, 0.5) is 0 Å². The molecule has 22 heavy (non-hydrogen) atoms. The van der Waals surface area contributed by atoms with Gasteiger partial charge in [0.15, 0.2) is 0 Å². The molecule has 3 rings (SSSR count). The molecule has 4 heteroatoms. The van der Waals surface area contributed by atoms with Crippen molar-refractivity contribution in [2.75, 3.05) is 20.7 Å². The van der Waals surface area contributed by atoms with Gasteiger partial charge in [0.25, 0.3) is 0 Å². The molecular weight excluding hydrogens is 276 g/mol. The van der Waals surface area contributed by atoms with Gasteiger partial charge in [0, 0.05) is 13.6 Å². The predicted octanol–water partition coefficient (Wildman–Crippen LogP) is 3.02. The minimum atomic E-state index is 0.0858. The van der Waals surface area contributed by atoms with Crippen molar-refractivity contribution < 1.29 is 9.68 Å². The number of benzene rings is 2. The van der Waals surface area contributed by atoms with Gasteiger partial charge in [-0.25, -0.2) is 4.94 Å². The summed E-state index contributed by atoms with van der Waals surface area (Å²) in [7, 11) is 3.49. The van der Waals surface area contributed by atoms with Crippen molar-refractivity contribution in [2.24, 2.45) is 0 Å². The lowest BCUT2D eigenvalue weighted by Crippen LogP contribution is -2.39. The van der Waals surface area contributed by atoms with Crippen LogP contribution in [0.1, 0.15) is 28.3 Å². The van der Waals surface area contributed by atoms with Crippen LogP contribution in [0, 0.1) is 6.92 Å². The Morgan fingerprint density at radius 3 is 2.59 bits per heavy atom. The minimum Gasteiger partial charge on any atom is -0.497 e. The van der Waals surface area contributed by atoms with Crippen LogP contribution >= 0.6 is 0 Å². The van der Waals surface area contributed by atoms with Gasteiger partial charge in [0.2, 0.25) is 0 Å². The second kappa shape index (κ2) is 6.48. The molecule has 0 saturated heterocycles. The number of methoxy groups -OCH3 is 1. The van der Waals surface area contributed by atoms with E-state index in [-0.39, 0.29) is 6.04 Å². The topological polar surface area (TPSA) is 33.7 Å². The zero-order chi connectivity index (χ0) is 15.5. The van der Waals surface area contributed by atoms with Gasteiger partial charge in [-0.3, -0.25) is 0 Å². The van der Waals surface area contributed by atoms with Gasteiger partial charge in [0.1, 0.15) is 5.75 Å². The van der Waals surface area contributed by atoms with Crippen LogP contribution in [0.25, 0.3) is 0 Å². The molecule has 0 fully saturated rings. The summed E-state index contributed by atoms with van der Waals surface area (Å²) in [6.07, 6.45) is 0.941. The first-order chi connectivity index (χ1) is 10.7. The van der Waals surface area contributed by atoms with E-state index in [2.05, 4.69) is 48.8 Å². The molecule has 0 bridgehead atoms. The molecule has 4 nitrogen and oxygen atoms in total. The highest BCUT2D eigenvalue weighted by atomic mass is 16.8. The first kappa shape index (κ1) is 15.0. The van der Waals surface area contributed by atoms with Gasteiger partial charge in [0.05, 0.1) is 13.2 Å². The van der Waals surface area contributed by atoms with E-state index in [1.165, 1.54) is 22.3 Å². The average molecular weight is 298 g/mol. The molecule has 0 amide bonds. The van der Waals surface area contributed by atoms with E-state index in [0.717, 1.165) is 18.7 Å². The Morgan fingerprint density at radius 2 is 1.91 bits per heavy atom. The molecule has 2 aromatic rings. The maximum absolute atomic E-state index is 5.65. The lowest BCUT2D eigenvalue weighted by atomic mass is 9.89. The predicted molar refractivity (Wildman–Crippen MR) is 86.6 cm³/mol. The fourth-order valence-corrected chi connectivity index (χ4v) is 3.02. The third-order valence-corrected chi connectivity index (χ3v) is 4.14. The summed E-state index contributed by atoms with van der Waals surface area (Å²) in [5, 5.41) is 2.00. The molecule has 1 heterocycles. The number of hydroxylamine groups is 3. The molecule has 2 aromatic carbocycles. The van der Waals surface area contributed by atoms with Crippen molar-refractivity contribution >= 4 is 0 Å².